The zero-order valence-electron chi connectivity index (χ0n) is 36.4. The second-order valence-corrected chi connectivity index (χ2v) is 12.1. The summed E-state index contributed by atoms with van der Waals surface area (Å²) in [6, 6.07) is 11.7. The number of rotatable bonds is 22. The van der Waals surface area contributed by atoms with Gasteiger partial charge in [-0.25, -0.2) is 4.79 Å². The van der Waals surface area contributed by atoms with Crippen molar-refractivity contribution in [2.45, 2.75) is 65.8 Å². The quantitative estimate of drug-likeness (QED) is 0.0761. The first-order valence-corrected chi connectivity index (χ1v) is 18.4. The van der Waals surface area contributed by atoms with Crippen molar-refractivity contribution in [3.8, 4) is 0 Å². The Balaban J connectivity index is -0.000000407. The molecule has 322 valence electrons. The second kappa shape index (κ2) is 45.2. The largest absolute Gasteiger partial charge is 2.00 e. The number of amides is 3. The van der Waals surface area contributed by atoms with Crippen LogP contribution in [0.1, 0.15) is 51.9 Å². The van der Waals surface area contributed by atoms with Crippen molar-refractivity contribution in [1.82, 2.24) is 36.1 Å². The summed E-state index contributed by atoms with van der Waals surface area (Å²) in [4.78, 5) is 55.0. The number of hydrogen-bond acceptors (Lipinski definition) is 14. The number of nitrogens with zero attached hydrogens (tertiary/aromatic N) is 3. The fraction of sp³-hybridized carbons (Fsp3) is 0.641. The minimum absolute atomic E-state index is 0. The van der Waals surface area contributed by atoms with Crippen LogP contribution in [0.4, 0.5) is 0 Å². The molecule has 3 amide bonds. The Kier molecular flexibility index (Phi) is 47.8. The van der Waals surface area contributed by atoms with Gasteiger partial charge in [0.15, 0.2) is 0 Å². The molecular formula is C39H71N7O10Zn+2. The van der Waals surface area contributed by atoms with Crippen molar-refractivity contribution in [3.05, 3.63) is 60.2 Å². The summed E-state index contributed by atoms with van der Waals surface area (Å²) < 4.78 is 27.5. The van der Waals surface area contributed by atoms with Gasteiger partial charge in [0, 0.05) is 93.6 Å². The number of pyridine rings is 2. The maximum atomic E-state index is 12.0. The molecule has 0 aliphatic rings. The molecule has 0 fully saturated rings. The number of carbonyl (C=O) groups excluding carboxylic acids is 4. The van der Waals surface area contributed by atoms with E-state index in [1.165, 1.54) is 28.4 Å². The van der Waals surface area contributed by atoms with E-state index in [9.17, 15) is 19.2 Å². The van der Waals surface area contributed by atoms with Crippen molar-refractivity contribution in [3.63, 3.8) is 0 Å². The minimum Gasteiger partial charge on any atom is -0.467 e. The van der Waals surface area contributed by atoms with E-state index in [1.54, 1.807) is 26.6 Å². The van der Waals surface area contributed by atoms with Crippen LogP contribution in [-0.4, -0.2) is 153 Å². The normalized spacial score (nSPS) is 9.79. The molecule has 0 atom stereocenters. The second-order valence-electron chi connectivity index (χ2n) is 12.1. The fourth-order valence-corrected chi connectivity index (χ4v) is 3.48. The summed E-state index contributed by atoms with van der Waals surface area (Å²) in [7, 11) is 11.0. The number of nitrogens with one attached hydrogen (secondary N) is 4. The van der Waals surface area contributed by atoms with Gasteiger partial charge in [0.25, 0.3) is 0 Å². The number of hydrogen-bond donors (Lipinski definition) is 4. The zero-order chi connectivity index (χ0) is 42.8. The molecule has 2 rings (SSSR count). The van der Waals surface area contributed by atoms with E-state index in [-0.39, 0.29) is 63.0 Å². The topological polar surface area (TPSA) is 201 Å². The number of aromatic nitrogens is 2. The summed E-state index contributed by atoms with van der Waals surface area (Å²) in [6.07, 6.45) is 5.49. The van der Waals surface area contributed by atoms with E-state index in [1.807, 2.05) is 71.1 Å². The van der Waals surface area contributed by atoms with Crippen molar-refractivity contribution in [2.75, 3.05) is 102 Å². The van der Waals surface area contributed by atoms with Crippen LogP contribution >= 0.6 is 0 Å². The number of likely N-dealkylation sites (N-methyl/N-ethyl adjacent to an activating group) is 1. The van der Waals surface area contributed by atoms with Crippen molar-refractivity contribution in [1.29, 1.82) is 0 Å². The van der Waals surface area contributed by atoms with Gasteiger partial charge in [0.2, 0.25) is 17.7 Å². The van der Waals surface area contributed by atoms with Gasteiger partial charge in [-0.3, -0.25) is 29.3 Å². The molecule has 0 bridgehead atoms. The maximum Gasteiger partial charge on any atom is 2.00 e. The average Bonchev–Trinajstić information content (AvgIpc) is 3.18. The molecule has 4 N–H and O–H groups in total. The Hall–Kier alpha value is -3.48. The molecule has 0 radical (unpaired) electrons. The fourth-order valence-electron chi connectivity index (χ4n) is 3.48. The van der Waals surface area contributed by atoms with Crippen LogP contribution in [0.25, 0.3) is 0 Å². The zero-order valence-corrected chi connectivity index (χ0v) is 39.4. The number of methoxy groups -OCH3 is 6. The van der Waals surface area contributed by atoms with Crippen LogP contribution in [-0.2, 0) is 80.2 Å². The van der Waals surface area contributed by atoms with Gasteiger partial charge in [-0.05, 0) is 72.0 Å². The third kappa shape index (κ3) is 46.8. The van der Waals surface area contributed by atoms with E-state index in [0.717, 1.165) is 30.9 Å². The first-order chi connectivity index (χ1) is 26.8. The van der Waals surface area contributed by atoms with Crippen LogP contribution in [0.15, 0.2) is 48.8 Å². The van der Waals surface area contributed by atoms with Crippen LogP contribution in [0.2, 0.25) is 0 Å². The van der Waals surface area contributed by atoms with E-state index in [4.69, 9.17) is 14.2 Å². The molecule has 2 aromatic heterocycles. The average molecular weight is 863 g/mol. The first-order valence-electron chi connectivity index (χ1n) is 18.4. The first kappa shape index (κ1) is 60.2. The number of ether oxygens (including phenoxy) is 6. The predicted molar refractivity (Wildman–Crippen MR) is 217 cm³/mol. The van der Waals surface area contributed by atoms with Gasteiger partial charge in [0.05, 0.1) is 30.7 Å². The minimum atomic E-state index is -0.345. The SMILES string of the molecule is CNCCNC(=O)COC.COC(C)C.COC(C)C.COCC(=O)NCCNC(=O)CCCN(Cc1ccccn1)Cc1ccccn1.COCC(=O)OC.[Zn+2]. The summed E-state index contributed by atoms with van der Waals surface area (Å²) in [6.45, 7) is 12.6. The number of esters is 1. The Morgan fingerprint density at radius 3 is 1.35 bits per heavy atom. The smallest absolute Gasteiger partial charge is 0.467 e. The van der Waals surface area contributed by atoms with Gasteiger partial charge >= 0.3 is 25.4 Å². The summed E-state index contributed by atoms with van der Waals surface area (Å²) in [5.74, 6) is -0.636. The molecule has 2 aromatic rings. The van der Waals surface area contributed by atoms with E-state index >= 15 is 0 Å². The summed E-state index contributed by atoms with van der Waals surface area (Å²) in [5.41, 5.74) is 1.97. The standard InChI is InChI=1S/C21H29N5O3.C6H14N2O2.C4H8O3.2C4H10O.Zn/c1-29-17-21(28)25-13-12-24-20(27)9-6-14-26(15-18-7-2-4-10-22-18)16-19-8-3-5-11-23-19;1-7-3-4-8-6(9)5-10-2;1-6-3-4(5)7-2;2*1-4(2)5-3;/h2-5,7-8,10-11H,6,9,12-17H2,1H3,(H,24,27)(H,25,28);7H,3-5H2,1-2H3,(H,8,9);3H2,1-2H3;2*4H,1-3H3;/q;;;;;+2. The van der Waals surface area contributed by atoms with Gasteiger partial charge in [-0.15, -0.1) is 0 Å². The van der Waals surface area contributed by atoms with E-state index in [2.05, 4.69) is 50.3 Å². The van der Waals surface area contributed by atoms with Crippen LogP contribution < -0.4 is 21.3 Å². The summed E-state index contributed by atoms with van der Waals surface area (Å²) in [5, 5.41) is 11.1. The van der Waals surface area contributed by atoms with Crippen molar-refractivity contribution < 1.29 is 67.1 Å². The predicted octanol–water partition coefficient (Wildman–Crippen LogP) is 1.99. The van der Waals surface area contributed by atoms with Crippen molar-refractivity contribution in [2.24, 2.45) is 0 Å². The molecule has 0 saturated carbocycles. The number of carbonyl (C=O) groups is 4. The Morgan fingerprint density at radius 2 is 1.04 bits per heavy atom. The molecule has 18 heteroatoms. The van der Waals surface area contributed by atoms with Crippen LogP contribution in [0, 0.1) is 0 Å². The Morgan fingerprint density at radius 1 is 0.632 bits per heavy atom. The van der Waals surface area contributed by atoms with E-state index < -0.39 is 0 Å². The molecule has 0 spiro atoms. The van der Waals surface area contributed by atoms with Gasteiger partial charge < -0.3 is 49.7 Å². The van der Waals surface area contributed by atoms with Crippen LogP contribution in [0.5, 0.6) is 0 Å². The van der Waals surface area contributed by atoms with Gasteiger partial charge in [-0.1, -0.05) is 12.1 Å². The van der Waals surface area contributed by atoms with Crippen LogP contribution in [0.3, 0.4) is 0 Å². The molecule has 0 aliphatic heterocycles. The van der Waals surface area contributed by atoms with E-state index in [0.29, 0.717) is 51.4 Å². The molecule has 57 heavy (non-hydrogen) atoms. The Bertz CT molecular complexity index is 1160. The molecular weight excluding hydrogens is 792 g/mol. The molecule has 0 unspecified atom stereocenters. The molecule has 0 saturated heterocycles. The monoisotopic (exact) mass is 861 g/mol. The third-order valence-corrected chi connectivity index (χ3v) is 6.55. The molecule has 0 aliphatic carbocycles. The molecule has 2 heterocycles. The molecule has 17 nitrogen and oxygen atoms in total. The maximum absolute atomic E-state index is 12.0. The van der Waals surface area contributed by atoms with Gasteiger partial charge in [0.1, 0.15) is 19.8 Å². The third-order valence-electron chi connectivity index (χ3n) is 6.55. The summed E-state index contributed by atoms with van der Waals surface area (Å²) >= 11 is 0. The van der Waals surface area contributed by atoms with Crippen molar-refractivity contribution >= 4 is 23.7 Å². The van der Waals surface area contributed by atoms with Gasteiger partial charge in [-0.2, -0.15) is 0 Å². The Labute approximate surface area is 354 Å². The molecule has 0 aromatic carbocycles.